The number of phenols is 1. The van der Waals surface area contributed by atoms with Gasteiger partial charge in [0.15, 0.2) is 0 Å². The lowest BCUT2D eigenvalue weighted by Crippen LogP contribution is -2.62. The van der Waals surface area contributed by atoms with Crippen LogP contribution in [-0.2, 0) is 54.6 Å². The summed E-state index contributed by atoms with van der Waals surface area (Å²) in [6.07, 6.45) is 6.45. The molecule has 3 aromatic heterocycles. The number of rotatable bonds is 11. The molecule has 17 heteroatoms. The Morgan fingerprint density at radius 3 is 2.56 bits per heavy atom. The number of fused-ring (bicyclic) bond motifs is 6. The number of anilines is 1. The number of benzene rings is 2. The van der Waals surface area contributed by atoms with Crippen LogP contribution in [0.15, 0.2) is 73.2 Å². The van der Waals surface area contributed by atoms with Crippen LogP contribution in [-0.4, -0.2) is 117 Å². The van der Waals surface area contributed by atoms with Crippen LogP contribution in [0.2, 0.25) is 0 Å². The number of aromatic nitrogens is 3. The molecule has 4 amide bonds. The van der Waals surface area contributed by atoms with Gasteiger partial charge in [0.05, 0.1) is 36.8 Å². The number of nitrogens with zero attached hydrogens (tertiary/aromatic N) is 5. The first-order chi connectivity index (χ1) is 32.5. The van der Waals surface area contributed by atoms with Crippen molar-refractivity contribution in [2.75, 3.05) is 39.2 Å². The van der Waals surface area contributed by atoms with Crippen LogP contribution >= 0.6 is 0 Å². The van der Waals surface area contributed by atoms with E-state index in [1.54, 1.807) is 45.4 Å². The number of ether oxygens (including phenoxy) is 2. The number of aryl methyl sites for hydroxylation is 1. The summed E-state index contributed by atoms with van der Waals surface area (Å²) in [6.45, 7) is 11.8. The van der Waals surface area contributed by atoms with Crippen LogP contribution in [0.5, 0.6) is 5.75 Å². The highest BCUT2D eigenvalue weighted by Gasteiger charge is 2.38. The number of cyclic esters (lactones) is 1. The molecule has 8 rings (SSSR count). The van der Waals surface area contributed by atoms with Gasteiger partial charge in [-0.3, -0.25) is 34.0 Å². The topological polar surface area (TPSA) is 219 Å². The maximum Gasteiger partial charge on any atom is 0.324 e. The molecule has 17 nitrogen and oxygen atoms in total. The van der Waals surface area contributed by atoms with Gasteiger partial charge < -0.3 is 40.0 Å². The molecule has 0 saturated carbocycles. The summed E-state index contributed by atoms with van der Waals surface area (Å²) in [7, 11) is 3.18. The fraction of sp³-hybridized carbons (Fsp3) is 0.431. The smallest absolute Gasteiger partial charge is 0.324 e. The number of pyridine rings is 2. The van der Waals surface area contributed by atoms with Crippen molar-refractivity contribution in [3.05, 3.63) is 95.6 Å². The van der Waals surface area contributed by atoms with Gasteiger partial charge in [-0.25, -0.2) is 10.4 Å². The minimum atomic E-state index is -1.19. The number of esters is 1. The fourth-order valence-electron chi connectivity index (χ4n) is 9.49. The molecule has 6 heterocycles. The third kappa shape index (κ3) is 10.2. The maximum atomic E-state index is 14.7. The number of hydrogen-bond donors (Lipinski definition) is 5. The Morgan fingerprint density at radius 1 is 1.06 bits per heavy atom. The molecule has 3 aliphatic heterocycles. The minimum absolute atomic E-state index is 0.0242. The lowest BCUT2D eigenvalue weighted by atomic mass is 9.84. The van der Waals surface area contributed by atoms with E-state index in [1.807, 2.05) is 24.4 Å². The van der Waals surface area contributed by atoms with Crippen LogP contribution < -0.4 is 21.4 Å². The molecule has 2 saturated heterocycles. The molecule has 4 atom stereocenters. The van der Waals surface area contributed by atoms with E-state index < -0.39 is 53.1 Å². The van der Waals surface area contributed by atoms with Crippen molar-refractivity contribution in [1.82, 2.24) is 40.5 Å². The Bertz CT molecular complexity index is 2730. The normalized spacial score (nSPS) is 19.8. The fourth-order valence-corrected chi connectivity index (χ4v) is 9.49. The van der Waals surface area contributed by atoms with E-state index in [0.29, 0.717) is 55.8 Å². The van der Waals surface area contributed by atoms with Crippen molar-refractivity contribution >= 4 is 46.2 Å². The number of nitrogens with one attached hydrogen (secondary N) is 4. The van der Waals surface area contributed by atoms with Gasteiger partial charge >= 0.3 is 5.97 Å². The van der Waals surface area contributed by atoms with Crippen LogP contribution in [0.1, 0.15) is 74.6 Å². The molecule has 2 aromatic carbocycles. The van der Waals surface area contributed by atoms with E-state index in [4.69, 9.17) is 9.47 Å². The molecule has 0 spiro atoms. The third-order valence-corrected chi connectivity index (χ3v) is 12.9. The second kappa shape index (κ2) is 19.9. The number of likely N-dealkylation sites (N-methyl/N-ethyl adjacent to an activating group) is 1. The zero-order valence-electron chi connectivity index (χ0n) is 39.7. The molecular weight excluding hydrogens is 867 g/mol. The highest BCUT2D eigenvalue weighted by molar-refractivity contribution is 5.99. The lowest BCUT2D eigenvalue weighted by molar-refractivity contribution is -0.155. The molecule has 0 radical (unpaired) electrons. The quantitative estimate of drug-likeness (QED) is 0.0874. The van der Waals surface area contributed by atoms with Gasteiger partial charge in [0.25, 0.3) is 11.8 Å². The molecule has 2 fully saturated rings. The van der Waals surface area contributed by atoms with Crippen molar-refractivity contribution in [2.45, 2.75) is 97.6 Å². The Kier molecular flexibility index (Phi) is 14.0. The van der Waals surface area contributed by atoms with Crippen molar-refractivity contribution < 1.29 is 38.6 Å². The number of carbonyl (C=O) groups is 5. The molecule has 358 valence electrons. The Morgan fingerprint density at radius 2 is 1.85 bits per heavy atom. The van der Waals surface area contributed by atoms with E-state index in [0.717, 1.165) is 38.9 Å². The van der Waals surface area contributed by atoms with Gasteiger partial charge in [-0.15, -0.1) is 0 Å². The number of amides is 4. The summed E-state index contributed by atoms with van der Waals surface area (Å²) in [6, 6.07) is 13.1. The van der Waals surface area contributed by atoms with Crippen LogP contribution in [0.4, 0.5) is 5.69 Å². The average Bonchev–Trinajstić information content (AvgIpc) is 4.13. The zero-order chi connectivity index (χ0) is 48.4. The van der Waals surface area contributed by atoms with Crippen LogP contribution in [0.25, 0.3) is 33.3 Å². The molecule has 0 unspecified atom stereocenters. The molecule has 6 bridgehead atoms. The van der Waals surface area contributed by atoms with Crippen LogP contribution in [0.3, 0.4) is 0 Å². The molecule has 5 aromatic rings. The van der Waals surface area contributed by atoms with Gasteiger partial charge in [-0.1, -0.05) is 39.8 Å². The third-order valence-electron chi connectivity index (χ3n) is 12.9. The monoisotopic (exact) mass is 927 g/mol. The predicted molar refractivity (Wildman–Crippen MR) is 256 cm³/mol. The summed E-state index contributed by atoms with van der Waals surface area (Å²) in [4.78, 5) is 79.4. The number of aromatic hydroxyl groups is 1. The average molecular weight is 928 g/mol. The summed E-state index contributed by atoms with van der Waals surface area (Å²) < 4.78 is 14.0. The van der Waals surface area contributed by atoms with E-state index in [9.17, 15) is 29.1 Å². The van der Waals surface area contributed by atoms with Crippen molar-refractivity contribution in [3.63, 3.8) is 0 Å². The number of hydrazine groups is 1. The lowest BCUT2D eigenvalue weighted by Gasteiger charge is -2.36. The molecular formula is C51H61N9O8. The molecule has 3 aliphatic rings. The SMILES string of the molecule is CCn1c(-c2cnccc2COC)c2c3cc(ccc31)-c1cc(O)cc(c1)C[C@H](NC(=O)[C@H](C(C)C)N(C)C(=O)c1ccc(NC(=O)[C@@H]3CN3)cn1)C(=O)N1CCC[C@H](N1)C(=O)OCC(C)(C)C2. The molecule has 68 heavy (non-hydrogen) atoms. The first-order valence-corrected chi connectivity index (χ1v) is 23.3. The highest BCUT2D eigenvalue weighted by atomic mass is 16.5. The Labute approximate surface area is 395 Å². The Hall–Kier alpha value is -6.69. The minimum Gasteiger partial charge on any atom is -0.508 e. The van der Waals surface area contributed by atoms with Gasteiger partial charge in [0.1, 0.15) is 29.6 Å². The number of phenolic OH excluding ortho intramolecular Hbond substituents is 1. The summed E-state index contributed by atoms with van der Waals surface area (Å²) in [5.41, 5.74) is 10.1. The van der Waals surface area contributed by atoms with Crippen molar-refractivity contribution in [1.29, 1.82) is 0 Å². The van der Waals surface area contributed by atoms with Gasteiger partial charge in [0.2, 0.25) is 11.8 Å². The van der Waals surface area contributed by atoms with E-state index >= 15 is 0 Å². The summed E-state index contributed by atoms with van der Waals surface area (Å²) in [5.74, 6) is -2.73. The van der Waals surface area contributed by atoms with Gasteiger partial charge in [-0.05, 0) is 102 Å². The van der Waals surface area contributed by atoms with Crippen molar-refractivity contribution in [3.8, 4) is 28.1 Å². The largest absolute Gasteiger partial charge is 0.508 e. The highest BCUT2D eigenvalue weighted by Crippen LogP contribution is 2.41. The van der Waals surface area contributed by atoms with Gasteiger partial charge in [-0.2, -0.15) is 0 Å². The number of methoxy groups -OCH3 is 1. The number of carbonyl (C=O) groups excluding carboxylic acids is 5. The Balaban J connectivity index is 1.17. The second-order valence-electron chi connectivity index (χ2n) is 19.2. The first-order valence-electron chi connectivity index (χ1n) is 23.3. The van der Waals surface area contributed by atoms with E-state index in [-0.39, 0.29) is 43.0 Å². The van der Waals surface area contributed by atoms with Crippen molar-refractivity contribution in [2.24, 2.45) is 11.3 Å². The first kappa shape index (κ1) is 47.8. The second-order valence-corrected chi connectivity index (χ2v) is 19.2. The van der Waals surface area contributed by atoms with E-state index in [2.05, 4.69) is 68.8 Å². The van der Waals surface area contributed by atoms with Crippen LogP contribution in [0, 0.1) is 11.3 Å². The zero-order valence-corrected chi connectivity index (χ0v) is 39.7. The predicted octanol–water partition coefficient (Wildman–Crippen LogP) is 4.99. The molecule has 5 N–H and O–H groups in total. The summed E-state index contributed by atoms with van der Waals surface area (Å²) >= 11 is 0. The maximum absolute atomic E-state index is 14.7. The standard InChI is InChI=1S/C51H61N9O8/c1-8-59-43-14-11-31-22-36(43)37(45(59)38-25-52-16-15-32(38)27-67-7)23-51(4,5)28-68-50(66)40-10-9-17-60(57-40)49(65)41(20-30-18-33(31)21-35(61)19-30)56-47(63)44(29(2)3)58(6)48(64)39-13-12-34(24-53-39)55-46(62)42-26-54-42/h11-16,18-19,21-22,24-25,29,40-42,44,54,57,61H,8-10,17,20,23,26-28H2,1-7H3,(H,55,62)(H,56,63)/t40-,41-,42-,44-/m0/s1. The van der Waals surface area contributed by atoms with Gasteiger partial charge in [0, 0.05) is 74.5 Å². The molecule has 0 aliphatic carbocycles. The van der Waals surface area contributed by atoms with E-state index in [1.165, 1.54) is 29.2 Å². The summed E-state index contributed by atoms with van der Waals surface area (Å²) in [5, 5.41) is 22.3. The number of hydrogen-bond acceptors (Lipinski definition) is 12.